The number of amides is 1. The summed E-state index contributed by atoms with van der Waals surface area (Å²) in [5, 5.41) is 7.55. The minimum atomic E-state index is -0.676. The molecule has 0 unspecified atom stereocenters. The summed E-state index contributed by atoms with van der Waals surface area (Å²) >= 11 is 1.32. The number of thiazole rings is 1. The first-order chi connectivity index (χ1) is 9.82. The van der Waals surface area contributed by atoms with Gasteiger partial charge in [-0.3, -0.25) is 10.1 Å². The predicted molar refractivity (Wildman–Crippen MR) is 82.5 cm³/mol. The Balaban J connectivity index is 2.21. The van der Waals surface area contributed by atoms with Crippen molar-refractivity contribution < 1.29 is 9.18 Å². The molecule has 0 saturated carbocycles. The molecule has 5 nitrogen and oxygen atoms in total. The SMILES string of the molecule is CNc1nccc(C(=O)Nc2nc(C(C)(C)C)cs2)c1F. The Kier molecular flexibility index (Phi) is 4.22. The normalized spacial score (nSPS) is 11.3. The Bertz CT molecular complexity index is 663. The van der Waals surface area contributed by atoms with Crippen LogP contribution in [-0.2, 0) is 5.41 Å². The third-order valence-electron chi connectivity index (χ3n) is 2.86. The third kappa shape index (κ3) is 3.36. The van der Waals surface area contributed by atoms with Crippen LogP contribution >= 0.6 is 11.3 Å². The number of nitrogens with one attached hydrogen (secondary N) is 2. The van der Waals surface area contributed by atoms with Crippen LogP contribution in [0.5, 0.6) is 0 Å². The van der Waals surface area contributed by atoms with E-state index in [9.17, 15) is 9.18 Å². The molecule has 2 aromatic heterocycles. The number of hydrogen-bond acceptors (Lipinski definition) is 5. The summed E-state index contributed by atoms with van der Waals surface area (Å²) in [7, 11) is 1.55. The van der Waals surface area contributed by atoms with Crippen LogP contribution < -0.4 is 10.6 Å². The van der Waals surface area contributed by atoms with Gasteiger partial charge < -0.3 is 5.32 Å². The average Bonchev–Trinajstić information content (AvgIpc) is 2.87. The highest BCUT2D eigenvalue weighted by Crippen LogP contribution is 2.27. The molecular formula is C14H17FN4OS. The van der Waals surface area contributed by atoms with Gasteiger partial charge in [-0.25, -0.2) is 14.4 Å². The molecule has 0 spiro atoms. The maximum Gasteiger partial charge on any atom is 0.260 e. The zero-order chi connectivity index (χ0) is 15.6. The number of anilines is 2. The van der Waals surface area contributed by atoms with Gasteiger partial charge in [0.05, 0.1) is 11.3 Å². The molecule has 0 aliphatic heterocycles. The molecule has 21 heavy (non-hydrogen) atoms. The van der Waals surface area contributed by atoms with Crippen molar-refractivity contribution in [1.82, 2.24) is 9.97 Å². The predicted octanol–water partition coefficient (Wildman–Crippen LogP) is 3.27. The van der Waals surface area contributed by atoms with Gasteiger partial charge in [0.2, 0.25) is 0 Å². The summed E-state index contributed by atoms with van der Waals surface area (Å²) < 4.78 is 14.0. The first kappa shape index (κ1) is 15.4. The van der Waals surface area contributed by atoms with Gasteiger partial charge in [0.15, 0.2) is 16.8 Å². The van der Waals surface area contributed by atoms with Gasteiger partial charge in [0, 0.05) is 24.0 Å². The van der Waals surface area contributed by atoms with Crippen molar-refractivity contribution in [3.63, 3.8) is 0 Å². The second-order valence-corrected chi connectivity index (χ2v) is 6.37. The van der Waals surface area contributed by atoms with E-state index in [1.807, 2.05) is 26.2 Å². The van der Waals surface area contributed by atoms with Crippen LogP contribution in [0.2, 0.25) is 0 Å². The summed E-state index contributed by atoms with van der Waals surface area (Å²) in [6.07, 6.45) is 1.38. The van der Waals surface area contributed by atoms with E-state index in [1.54, 1.807) is 7.05 Å². The molecule has 0 radical (unpaired) electrons. The van der Waals surface area contributed by atoms with Gasteiger partial charge in [-0.2, -0.15) is 0 Å². The molecule has 0 aromatic carbocycles. The standard InChI is InChI=1S/C14H17FN4OS/c1-14(2,3)9-7-21-13(18-9)19-12(20)8-5-6-17-11(16-4)10(8)15/h5-7H,1-4H3,(H,16,17)(H,18,19,20). The van der Waals surface area contributed by atoms with Crippen molar-refractivity contribution in [1.29, 1.82) is 0 Å². The lowest BCUT2D eigenvalue weighted by molar-refractivity contribution is 0.102. The number of halogens is 1. The van der Waals surface area contributed by atoms with E-state index >= 15 is 0 Å². The Morgan fingerprint density at radius 3 is 2.67 bits per heavy atom. The molecule has 112 valence electrons. The lowest BCUT2D eigenvalue weighted by Crippen LogP contribution is -2.16. The second kappa shape index (κ2) is 5.77. The van der Waals surface area contributed by atoms with Crippen molar-refractivity contribution in [2.24, 2.45) is 0 Å². The monoisotopic (exact) mass is 308 g/mol. The molecule has 2 heterocycles. The van der Waals surface area contributed by atoms with E-state index in [4.69, 9.17) is 0 Å². The summed E-state index contributed by atoms with van der Waals surface area (Å²) in [5.74, 6) is -1.18. The summed E-state index contributed by atoms with van der Waals surface area (Å²) in [4.78, 5) is 20.3. The number of nitrogens with zero attached hydrogens (tertiary/aromatic N) is 2. The summed E-state index contributed by atoms with van der Waals surface area (Å²) in [6.45, 7) is 6.11. The Morgan fingerprint density at radius 2 is 2.10 bits per heavy atom. The molecule has 0 aliphatic carbocycles. The maximum absolute atomic E-state index is 14.0. The van der Waals surface area contributed by atoms with Crippen LogP contribution in [-0.4, -0.2) is 22.9 Å². The highest BCUT2D eigenvalue weighted by molar-refractivity contribution is 7.14. The van der Waals surface area contributed by atoms with Crippen LogP contribution in [0.3, 0.4) is 0 Å². The largest absolute Gasteiger partial charge is 0.371 e. The fourth-order valence-corrected chi connectivity index (χ4v) is 2.57. The lowest BCUT2D eigenvalue weighted by Gasteiger charge is -2.14. The lowest BCUT2D eigenvalue weighted by atomic mass is 9.93. The van der Waals surface area contributed by atoms with Gasteiger partial charge in [-0.05, 0) is 6.07 Å². The topological polar surface area (TPSA) is 66.9 Å². The molecule has 1 amide bonds. The second-order valence-electron chi connectivity index (χ2n) is 5.51. The van der Waals surface area contributed by atoms with Gasteiger partial charge in [0.25, 0.3) is 5.91 Å². The van der Waals surface area contributed by atoms with Crippen LogP contribution in [0.25, 0.3) is 0 Å². The molecule has 7 heteroatoms. The Morgan fingerprint density at radius 1 is 1.38 bits per heavy atom. The first-order valence-electron chi connectivity index (χ1n) is 6.42. The van der Waals surface area contributed by atoms with E-state index in [0.29, 0.717) is 5.13 Å². The highest BCUT2D eigenvalue weighted by atomic mass is 32.1. The molecular weight excluding hydrogens is 291 g/mol. The van der Waals surface area contributed by atoms with Crippen LogP contribution in [0.15, 0.2) is 17.6 Å². The van der Waals surface area contributed by atoms with Crippen LogP contribution in [0, 0.1) is 5.82 Å². The smallest absolute Gasteiger partial charge is 0.260 e. The Labute approximate surface area is 126 Å². The molecule has 0 saturated heterocycles. The summed E-state index contributed by atoms with van der Waals surface area (Å²) in [5.41, 5.74) is 0.719. The number of carbonyl (C=O) groups is 1. The molecule has 0 bridgehead atoms. The number of aromatic nitrogens is 2. The van der Waals surface area contributed by atoms with Crippen LogP contribution in [0.1, 0.15) is 36.8 Å². The highest BCUT2D eigenvalue weighted by Gasteiger charge is 2.20. The Hall–Kier alpha value is -2.02. The molecule has 2 N–H and O–H groups in total. The first-order valence-corrected chi connectivity index (χ1v) is 7.30. The van der Waals surface area contributed by atoms with Crippen molar-refractivity contribution in [2.75, 3.05) is 17.7 Å². The molecule has 0 fully saturated rings. The third-order valence-corrected chi connectivity index (χ3v) is 3.62. The van der Waals surface area contributed by atoms with Gasteiger partial charge in [-0.1, -0.05) is 20.8 Å². The molecule has 2 aromatic rings. The number of carbonyl (C=O) groups excluding carboxylic acids is 1. The van der Waals surface area contributed by atoms with Gasteiger partial charge >= 0.3 is 0 Å². The van der Waals surface area contributed by atoms with Crippen molar-refractivity contribution in [2.45, 2.75) is 26.2 Å². The van der Waals surface area contributed by atoms with Crippen molar-refractivity contribution >= 4 is 28.2 Å². The fourth-order valence-electron chi connectivity index (χ4n) is 1.63. The molecule has 0 aliphatic rings. The zero-order valence-electron chi connectivity index (χ0n) is 12.3. The number of pyridine rings is 1. The quantitative estimate of drug-likeness (QED) is 0.913. The molecule has 0 atom stereocenters. The van der Waals surface area contributed by atoms with E-state index in [-0.39, 0.29) is 16.8 Å². The summed E-state index contributed by atoms with van der Waals surface area (Å²) in [6, 6.07) is 1.34. The molecule has 2 rings (SSSR count). The maximum atomic E-state index is 14.0. The van der Waals surface area contributed by atoms with Gasteiger partial charge in [0.1, 0.15) is 0 Å². The van der Waals surface area contributed by atoms with Crippen molar-refractivity contribution in [3.05, 3.63) is 34.7 Å². The van der Waals surface area contributed by atoms with E-state index in [0.717, 1.165) is 5.69 Å². The fraction of sp³-hybridized carbons (Fsp3) is 0.357. The van der Waals surface area contributed by atoms with E-state index in [1.165, 1.54) is 23.6 Å². The van der Waals surface area contributed by atoms with E-state index < -0.39 is 11.7 Å². The van der Waals surface area contributed by atoms with Gasteiger partial charge in [-0.15, -0.1) is 11.3 Å². The minimum absolute atomic E-state index is 0.0390. The van der Waals surface area contributed by atoms with Crippen LogP contribution in [0.4, 0.5) is 15.3 Å². The zero-order valence-corrected chi connectivity index (χ0v) is 13.1. The minimum Gasteiger partial charge on any atom is -0.371 e. The van der Waals surface area contributed by atoms with Crippen molar-refractivity contribution in [3.8, 4) is 0 Å². The average molecular weight is 308 g/mol. The van der Waals surface area contributed by atoms with E-state index in [2.05, 4.69) is 20.6 Å². The number of rotatable bonds is 3. The number of hydrogen-bond donors (Lipinski definition) is 2.